The second kappa shape index (κ2) is 15.5. The van der Waals surface area contributed by atoms with E-state index in [0.717, 1.165) is 22.6 Å². The number of hydrogen-bond donors (Lipinski definition) is 3. The topological polar surface area (TPSA) is 181 Å². The number of rotatable bonds is 13. The first-order chi connectivity index (χ1) is 24.6. The number of nitrogens with one attached hydrogen (secondary N) is 2. The van der Waals surface area contributed by atoms with Gasteiger partial charge in [-0.2, -0.15) is 18.2 Å². The molecule has 0 unspecified atom stereocenters. The van der Waals surface area contributed by atoms with Gasteiger partial charge in [-0.1, -0.05) is 47.1 Å². The van der Waals surface area contributed by atoms with E-state index in [1.54, 1.807) is 30.3 Å². The number of methoxy groups -OCH3 is 1. The first-order valence-corrected chi connectivity index (χ1v) is 17.1. The molecule has 17 heteroatoms. The summed E-state index contributed by atoms with van der Waals surface area (Å²) >= 11 is 0. The number of carbonyl (C=O) groups excluding carboxylic acids is 2. The molecule has 0 fully saturated rings. The van der Waals surface area contributed by atoms with Crippen LogP contribution in [0.3, 0.4) is 0 Å². The maximum absolute atomic E-state index is 13.5. The lowest BCUT2D eigenvalue weighted by Gasteiger charge is -2.21. The van der Waals surface area contributed by atoms with Gasteiger partial charge in [0, 0.05) is 23.4 Å². The van der Waals surface area contributed by atoms with Crippen molar-refractivity contribution >= 4 is 39.5 Å². The van der Waals surface area contributed by atoms with Gasteiger partial charge in [0.2, 0.25) is 11.7 Å². The largest absolute Gasteiger partial charge is 0.497 e. The zero-order valence-electron chi connectivity index (χ0n) is 27.7. The van der Waals surface area contributed by atoms with E-state index in [2.05, 4.69) is 20.2 Å². The van der Waals surface area contributed by atoms with E-state index in [9.17, 15) is 41.1 Å². The van der Waals surface area contributed by atoms with Crippen LogP contribution < -0.4 is 14.8 Å². The Labute approximate surface area is 295 Å². The predicted octanol–water partition coefficient (Wildman–Crippen LogP) is 6.04. The van der Waals surface area contributed by atoms with Crippen molar-refractivity contribution in [1.29, 1.82) is 0 Å². The first kappa shape index (κ1) is 37.3. The number of alkyl halides is 3. The van der Waals surface area contributed by atoms with Crippen molar-refractivity contribution in [3.63, 3.8) is 0 Å². The maximum Gasteiger partial charge on any atom is 0.416 e. The number of halogens is 3. The molecule has 4 aromatic rings. The Kier molecular flexibility index (Phi) is 11.1. The van der Waals surface area contributed by atoms with Crippen molar-refractivity contribution in [3.05, 3.63) is 112 Å². The van der Waals surface area contributed by atoms with Crippen molar-refractivity contribution in [2.24, 2.45) is 0 Å². The Morgan fingerprint density at radius 1 is 1.00 bits per heavy atom. The molecule has 0 bridgehead atoms. The van der Waals surface area contributed by atoms with Gasteiger partial charge in [0.1, 0.15) is 12.3 Å². The van der Waals surface area contributed by atoms with E-state index in [1.165, 1.54) is 43.5 Å². The van der Waals surface area contributed by atoms with Gasteiger partial charge in [0.25, 0.3) is 15.9 Å². The van der Waals surface area contributed by atoms with E-state index in [4.69, 9.17) is 9.26 Å². The minimum absolute atomic E-state index is 0.00553. The van der Waals surface area contributed by atoms with Crippen LogP contribution in [0.4, 0.5) is 24.9 Å². The molecule has 3 aromatic carbocycles. The SMILES string of the molecule is COc1ccc(CC(=O)Nc2ccc(C(=O)N(CC(=O)O)Cc3ccc(-c4noc(NS(=O)(=O)C5=CC=C(C)CC5)n4)cc3)cc2)c(C(F)(F)F)c1. The number of carboxylic acid groups (broad SMARTS) is 1. The predicted molar refractivity (Wildman–Crippen MR) is 182 cm³/mol. The van der Waals surface area contributed by atoms with Crippen LogP contribution in [-0.2, 0) is 38.8 Å². The lowest BCUT2D eigenvalue weighted by atomic mass is 10.0. The van der Waals surface area contributed by atoms with Gasteiger partial charge < -0.3 is 24.6 Å². The summed E-state index contributed by atoms with van der Waals surface area (Å²) in [5, 5.41) is 15.8. The number of anilines is 2. The molecular weight excluding hydrogens is 707 g/mol. The minimum Gasteiger partial charge on any atom is -0.497 e. The number of nitrogens with zero attached hydrogens (tertiary/aromatic N) is 3. The second-order valence-electron chi connectivity index (χ2n) is 11.7. The molecule has 5 rings (SSSR count). The third-order valence-electron chi connectivity index (χ3n) is 7.90. The van der Waals surface area contributed by atoms with Gasteiger partial charge in [0.05, 0.1) is 24.0 Å². The Bertz CT molecular complexity index is 2150. The summed E-state index contributed by atoms with van der Waals surface area (Å²) in [5.74, 6) is -2.54. The number of amides is 2. The van der Waals surface area contributed by atoms with Crippen LogP contribution in [0.1, 0.15) is 46.8 Å². The summed E-state index contributed by atoms with van der Waals surface area (Å²) in [6.45, 7) is 1.17. The molecular formula is C35H32F3N5O8S. The molecule has 3 N–H and O–H groups in total. The Balaban J connectivity index is 1.22. The number of carbonyl (C=O) groups is 3. The Hall–Kier alpha value is -5.97. The maximum atomic E-state index is 13.5. The standard InChI is InChI=1S/C35H32F3N5O8S/c1-21-3-15-28(16-4-21)52(48,49)42-34-40-32(41-51-34)23-7-5-22(6-8-23)19-43(20-31(45)46)33(47)24-9-12-26(13-10-24)39-30(44)17-25-11-14-27(50-2)18-29(25)35(36,37)38/h3,5-15,18H,4,16-17,19-20H2,1-2H3,(H,39,44)(H,45,46)(H,40,41,42). The molecule has 52 heavy (non-hydrogen) atoms. The summed E-state index contributed by atoms with van der Waals surface area (Å²) in [6, 6.07) is 14.9. The van der Waals surface area contributed by atoms with Gasteiger partial charge in [-0.25, -0.2) is 13.1 Å². The van der Waals surface area contributed by atoms with Gasteiger partial charge in [-0.3, -0.25) is 14.4 Å². The Morgan fingerprint density at radius 2 is 1.71 bits per heavy atom. The fourth-order valence-corrected chi connectivity index (χ4v) is 6.27. The highest BCUT2D eigenvalue weighted by Gasteiger charge is 2.34. The molecule has 1 aromatic heterocycles. The molecule has 1 aliphatic rings. The van der Waals surface area contributed by atoms with E-state index in [1.807, 2.05) is 6.92 Å². The summed E-state index contributed by atoms with van der Waals surface area (Å²) in [4.78, 5) is 43.0. The van der Waals surface area contributed by atoms with E-state index >= 15 is 0 Å². The van der Waals surface area contributed by atoms with Crippen LogP contribution >= 0.6 is 0 Å². The molecule has 0 aliphatic heterocycles. The first-order valence-electron chi connectivity index (χ1n) is 15.6. The zero-order chi connectivity index (χ0) is 37.6. The molecule has 0 atom stereocenters. The van der Waals surface area contributed by atoms with Gasteiger partial charge in [0.15, 0.2) is 0 Å². The lowest BCUT2D eigenvalue weighted by Crippen LogP contribution is -2.35. The normalized spacial score (nSPS) is 13.1. The number of sulfonamides is 1. The smallest absolute Gasteiger partial charge is 0.416 e. The summed E-state index contributed by atoms with van der Waals surface area (Å²) < 4.78 is 78.3. The van der Waals surface area contributed by atoms with E-state index in [-0.39, 0.29) is 45.9 Å². The van der Waals surface area contributed by atoms with Crippen LogP contribution in [0.2, 0.25) is 0 Å². The van der Waals surface area contributed by atoms with Gasteiger partial charge in [-0.15, -0.1) is 0 Å². The highest BCUT2D eigenvalue weighted by Crippen LogP contribution is 2.35. The third-order valence-corrected chi connectivity index (χ3v) is 9.37. The second-order valence-corrected chi connectivity index (χ2v) is 13.5. The Morgan fingerprint density at radius 3 is 2.33 bits per heavy atom. The van der Waals surface area contributed by atoms with Crippen LogP contribution in [0.15, 0.2) is 93.9 Å². The van der Waals surface area contributed by atoms with Crippen molar-refractivity contribution in [1.82, 2.24) is 15.0 Å². The number of benzene rings is 3. The summed E-state index contributed by atoms with van der Waals surface area (Å²) in [5.41, 5.74) is 1.14. The number of hydrogen-bond acceptors (Lipinski definition) is 9. The van der Waals surface area contributed by atoms with Gasteiger partial charge >= 0.3 is 18.2 Å². The molecule has 272 valence electrons. The number of aliphatic carboxylic acids is 1. The number of ether oxygens (including phenoxy) is 1. The molecule has 0 saturated carbocycles. The van der Waals surface area contributed by atoms with Gasteiger partial charge in [-0.05, 0) is 73.4 Å². The zero-order valence-corrected chi connectivity index (χ0v) is 28.5. The fourth-order valence-electron chi connectivity index (χ4n) is 5.21. The van der Waals surface area contributed by atoms with Crippen LogP contribution in [0.5, 0.6) is 5.75 Å². The van der Waals surface area contributed by atoms with Crippen molar-refractivity contribution in [3.8, 4) is 17.1 Å². The highest BCUT2D eigenvalue weighted by molar-refractivity contribution is 7.96. The third kappa shape index (κ3) is 9.42. The van der Waals surface area contributed by atoms with Crippen LogP contribution in [-0.4, -0.2) is 60.0 Å². The van der Waals surface area contributed by atoms with Crippen molar-refractivity contribution in [2.45, 2.75) is 38.9 Å². The average Bonchev–Trinajstić information content (AvgIpc) is 3.55. The number of allylic oxidation sites excluding steroid dienone is 4. The molecule has 0 saturated heterocycles. The average molecular weight is 740 g/mol. The monoisotopic (exact) mass is 739 g/mol. The summed E-state index contributed by atoms with van der Waals surface area (Å²) in [6.07, 6.45) is -1.07. The van der Waals surface area contributed by atoms with E-state index < -0.39 is 52.5 Å². The fraction of sp³-hybridized carbons (Fsp3) is 0.229. The molecule has 1 aliphatic carbocycles. The molecule has 0 spiro atoms. The lowest BCUT2D eigenvalue weighted by molar-refractivity contribution is -0.139. The van der Waals surface area contributed by atoms with Crippen molar-refractivity contribution in [2.75, 3.05) is 23.7 Å². The van der Waals surface area contributed by atoms with E-state index in [0.29, 0.717) is 24.0 Å². The summed E-state index contributed by atoms with van der Waals surface area (Å²) in [7, 11) is -2.66. The molecule has 2 amide bonds. The molecule has 0 radical (unpaired) electrons. The molecule has 13 nitrogen and oxygen atoms in total. The highest BCUT2D eigenvalue weighted by atomic mass is 32.2. The number of carboxylic acids is 1. The molecule has 1 heterocycles. The van der Waals surface area contributed by atoms with Crippen LogP contribution in [0.25, 0.3) is 11.4 Å². The quantitative estimate of drug-likeness (QED) is 0.146. The van der Waals surface area contributed by atoms with Crippen LogP contribution in [0, 0.1) is 0 Å². The minimum atomic E-state index is -4.71. The number of aromatic nitrogens is 2. The van der Waals surface area contributed by atoms with Crippen molar-refractivity contribution < 1.29 is 50.3 Å².